The molecule has 15 atom stereocenters. The van der Waals surface area contributed by atoms with Crippen molar-refractivity contribution in [3.05, 3.63) is 0 Å². The molecule has 232 valence electrons. The van der Waals surface area contributed by atoms with Crippen LogP contribution in [0.3, 0.4) is 0 Å². The van der Waals surface area contributed by atoms with Gasteiger partial charge >= 0.3 is 11.9 Å². The average Bonchev–Trinajstić information content (AvgIpc) is 3.13. The van der Waals surface area contributed by atoms with Crippen molar-refractivity contribution in [2.24, 2.45) is 22.9 Å². The predicted molar refractivity (Wildman–Crippen MR) is 130 cm³/mol. The number of nitrogens with one attached hydrogen (secondary N) is 2. The molecular formula is C21H44N7O12+3. The third-order valence-corrected chi connectivity index (χ3v) is 7.73. The second-order valence-corrected chi connectivity index (χ2v) is 10.3. The molecule has 2 heterocycles. The standard InChI is InChI=1S/C21H41N7O12/c1-5-21(36,4-30)16(40-17-9(26-2)13(34)10(31)6(3-29)38-17)18(37-5)39-15-8(28-20(24)25)11(32)7(27-19(22)23)12(33)14(15)35/h5-18,26,29-36H,3-4H2,1-2H3,(H4,22,23,27)(H4,24,25,28)/p+3/t5-,6-,7+,8-,9-,10-,11+,12-,13-,14+,15+,16-,17-,18-,21+/m0/s1. The summed E-state index contributed by atoms with van der Waals surface area (Å²) in [7, 11) is 1.57. The maximum Gasteiger partial charge on any atom is 0.339 e. The van der Waals surface area contributed by atoms with Crippen LogP contribution in [0.4, 0.5) is 0 Å². The zero-order chi connectivity index (χ0) is 30.1. The number of likely N-dealkylation sites (N-methyl/N-ethyl adjacent to an activating group) is 1. The second kappa shape index (κ2) is 12.9. The average molecular weight is 587 g/mol. The summed E-state index contributed by atoms with van der Waals surface area (Å²) in [5, 5.41) is 86.0. The van der Waals surface area contributed by atoms with Gasteiger partial charge in [0.1, 0.15) is 66.5 Å². The number of ether oxygens (including phenoxy) is 4. The predicted octanol–water partition coefficient (Wildman–Crippen LogP) is -13.2. The fourth-order valence-electron chi connectivity index (χ4n) is 5.37. The van der Waals surface area contributed by atoms with Crippen LogP contribution in [0.5, 0.6) is 0 Å². The molecule has 20 N–H and O–H groups in total. The van der Waals surface area contributed by atoms with Gasteiger partial charge in [0.25, 0.3) is 0 Å². The molecule has 0 radical (unpaired) electrons. The Morgan fingerprint density at radius 3 is 1.95 bits per heavy atom. The van der Waals surface area contributed by atoms with E-state index >= 15 is 0 Å². The maximum absolute atomic E-state index is 11.3. The molecule has 19 heteroatoms. The largest absolute Gasteiger partial charge is 0.394 e. The van der Waals surface area contributed by atoms with E-state index in [4.69, 9.17) is 41.9 Å². The molecule has 2 saturated heterocycles. The Morgan fingerprint density at radius 1 is 0.825 bits per heavy atom. The highest BCUT2D eigenvalue weighted by molar-refractivity contribution is 5.69. The van der Waals surface area contributed by atoms with E-state index in [0.717, 1.165) is 0 Å². The lowest BCUT2D eigenvalue weighted by Crippen LogP contribution is -2.99. The van der Waals surface area contributed by atoms with Crippen LogP contribution in [0.1, 0.15) is 6.92 Å². The third-order valence-electron chi connectivity index (χ3n) is 7.73. The number of quaternary nitrogens is 1. The molecule has 1 aliphatic carbocycles. The van der Waals surface area contributed by atoms with Gasteiger partial charge in [-0.15, -0.1) is 0 Å². The van der Waals surface area contributed by atoms with E-state index in [2.05, 4.69) is 9.98 Å². The lowest BCUT2D eigenvalue weighted by molar-refractivity contribution is -0.696. The smallest absolute Gasteiger partial charge is 0.339 e. The summed E-state index contributed by atoms with van der Waals surface area (Å²) < 4.78 is 23.3. The van der Waals surface area contributed by atoms with Gasteiger partial charge in [-0.1, -0.05) is 0 Å². The number of rotatable bonds is 9. The molecule has 3 aliphatic rings. The van der Waals surface area contributed by atoms with Crippen LogP contribution in [0, 0.1) is 0 Å². The lowest BCUT2D eigenvalue weighted by Gasteiger charge is -2.44. The van der Waals surface area contributed by atoms with E-state index in [9.17, 15) is 40.9 Å². The van der Waals surface area contributed by atoms with Crippen molar-refractivity contribution in [3.8, 4) is 0 Å². The SMILES string of the molecule is C[NH2+][C@@H]1[C@H](O[C@H]2[C@H](O[C@H]3[C@H](O)[C@@H](O)[C@H]([NH+]=C(N)N)[C@@H](O)[C@@H]3[NH+]=C(N)N)O[C@@H](C)[C@]2(O)CO)O[C@@H](CO)[C@H](O)[C@H]1O. The zero-order valence-electron chi connectivity index (χ0n) is 22.1. The number of aliphatic hydroxyl groups excluding tert-OH is 7. The van der Waals surface area contributed by atoms with Gasteiger partial charge in [-0.3, -0.25) is 32.9 Å². The first-order chi connectivity index (χ1) is 18.7. The van der Waals surface area contributed by atoms with Crippen molar-refractivity contribution >= 4 is 11.9 Å². The second-order valence-electron chi connectivity index (χ2n) is 10.3. The minimum absolute atomic E-state index is 0.351. The van der Waals surface area contributed by atoms with Crippen LogP contribution in [-0.4, -0.2) is 164 Å². The van der Waals surface area contributed by atoms with E-state index in [1.54, 1.807) is 7.05 Å². The van der Waals surface area contributed by atoms with Gasteiger partial charge in [0, 0.05) is 0 Å². The number of aliphatic hydroxyl groups is 8. The van der Waals surface area contributed by atoms with Crippen LogP contribution < -0.4 is 38.2 Å². The normalized spacial score (nSPS) is 47.5. The topological polar surface area (TPSA) is 347 Å². The van der Waals surface area contributed by atoms with E-state index < -0.39 is 104 Å². The molecule has 3 rings (SSSR count). The maximum atomic E-state index is 11.3. The van der Waals surface area contributed by atoms with E-state index in [0.29, 0.717) is 0 Å². The van der Waals surface area contributed by atoms with E-state index in [-0.39, 0.29) is 11.9 Å². The number of hydrogen-bond donors (Lipinski definition) is 15. The van der Waals surface area contributed by atoms with Crippen molar-refractivity contribution < 1.29 is 75.1 Å². The van der Waals surface area contributed by atoms with E-state index in [1.165, 1.54) is 12.2 Å². The number of nitrogens with two attached hydrogens (primary N) is 5. The summed E-state index contributed by atoms with van der Waals surface area (Å²) in [4.78, 5) is 5.02. The fraction of sp³-hybridized carbons (Fsp3) is 0.905. The van der Waals surface area contributed by atoms with Gasteiger partial charge in [0.05, 0.1) is 26.4 Å². The molecule has 2 aliphatic heterocycles. The van der Waals surface area contributed by atoms with Gasteiger partial charge in [-0.05, 0) is 6.92 Å². The Hall–Kier alpha value is -1.98. The highest BCUT2D eigenvalue weighted by atomic mass is 16.8. The van der Waals surface area contributed by atoms with Crippen molar-refractivity contribution in [3.63, 3.8) is 0 Å². The summed E-state index contributed by atoms with van der Waals surface area (Å²) in [6.07, 6.45) is -16.3. The monoisotopic (exact) mass is 586 g/mol. The molecule has 0 aromatic heterocycles. The molecule has 1 saturated carbocycles. The third kappa shape index (κ3) is 6.11. The Bertz CT molecular complexity index is 911. The van der Waals surface area contributed by atoms with Crippen LogP contribution in [0.25, 0.3) is 0 Å². The Labute approximate surface area is 229 Å². The summed E-state index contributed by atoms with van der Waals surface area (Å²) >= 11 is 0. The molecule has 3 fully saturated rings. The minimum Gasteiger partial charge on any atom is -0.394 e. The summed E-state index contributed by atoms with van der Waals surface area (Å²) in [5.41, 5.74) is 20.0. The van der Waals surface area contributed by atoms with Crippen LogP contribution in [0.15, 0.2) is 0 Å². The Morgan fingerprint density at radius 2 is 1.43 bits per heavy atom. The van der Waals surface area contributed by atoms with Crippen LogP contribution in [0.2, 0.25) is 0 Å². The molecule has 0 bridgehead atoms. The Balaban J connectivity index is 1.96. The molecule has 0 aromatic carbocycles. The molecule has 0 unspecified atom stereocenters. The summed E-state index contributed by atoms with van der Waals surface area (Å²) in [6, 6.07) is -3.55. The summed E-state index contributed by atoms with van der Waals surface area (Å²) in [5.74, 6) is -0.722. The molecule has 19 nitrogen and oxygen atoms in total. The highest BCUT2D eigenvalue weighted by Gasteiger charge is 2.61. The van der Waals surface area contributed by atoms with Gasteiger partial charge in [0.2, 0.25) is 6.29 Å². The first kappa shape index (κ1) is 32.5. The first-order valence-corrected chi connectivity index (χ1v) is 12.8. The summed E-state index contributed by atoms with van der Waals surface area (Å²) in [6.45, 7) is -0.134. The minimum atomic E-state index is -2.12. The molecule has 0 amide bonds. The van der Waals surface area contributed by atoms with Gasteiger partial charge in [-0.2, -0.15) is 0 Å². The quantitative estimate of drug-likeness (QED) is 0.0880. The molecule has 40 heavy (non-hydrogen) atoms. The fourth-order valence-corrected chi connectivity index (χ4v) is 5.37. The van der Waals surface area contributed by atoms with Crippen molar-refractivity contribution in [1.29, 1.82) is 0 Å². The number of hydrogen-bond acceptors (Lipinski definition) is 12. The van der Waals surface area contributed by atoms with E-state index in [1.807, 2.05) is 0 Å². The highest BCUT2D eigenvalue weighted by Crippen LogP contribution is 2.37. The lowest BCUT2D eigenvalue weighted by atomic mass is 9.81. The Kier molecular flexibility index (Phi) is 10.5. The molecule has 0 aromatic rings. The zero-order valence-corrected chi connectivity index (χ0v) is 22.1. The van der Waals surface area contributed by atoms with Gasteiger partial charge < -0.3 is 65.1 Å². The molecular weight excluding hydrogens is 542 g/mol. The molecule has 0 spiro atoms. The van der Waals surface area contributed by atoms with Gasteiger partial charge in [0.15, 0.2) is 12.3 Å². The van der Waals surface area contributed by atoms with Crippen LogP contribution in [-0.2, 0) is 18.9 Å². The van der Waals surface area contributed by atoms with Crippen LogP contribution >= 0.6 is 0 Å². The van der Waals surface area contributed by atoms with Crippen molar-refractivity contribution in [1.82, 2.24) is 0 Å². The van der Waals surface area contributed by atoms with Gasteiger partial charge in [-0.25, -0.2) is 0 Å². The van der Waals surface area contributed by atoms with Crippen molar-refractivity contribution in [2.75, 3.05) is 20.3 Å². The first-order valence-electron chi connectivity index (χ1n) is 12.8. The number of guanidine groups is 2. The van der Waals surface area contributed by atoms with Crippen molar-refractivity contribution in [2.45, 2.75) is 98.2 Å².